The molecule has 19 heavy (non-hydrogen) atoms. The Bertz CT molecular complexity index is 642. The second-order valence-electron chi connectivity index (χ2n) is 5.09. The summed E-state index contributed by atoms with van der Waals surface area (Å²) in [7, 11) is 0. The predicted molar refractivity (Wildman–Crippen MR) is 79.9 cm³/mol. The minimum Gasteiger partial charge on any atom is -0.307 e. The van der Waals surface area contributed by atoms with Crippen LogP contribution in [0.5, 0.6) is 0 Å². The highest BCUT2D eigenvalue weighted by molar-refractivity contribution is 9.10. The summed E-state index contributed by atoms with van der Waals surface area (Å²) in [4.78, 5) is 9.37. The van der Waals surface area contributed by atoms with Crippen LogP contribution in [0.15, 0.2) is 16.6 Å². The number of nitrogens with one attached hydrogen (secondary N) is 1. The average molecular weight is 318 g/mol. The highest BCUT2D eigenvalue weighted by Crippen LogP contribution is 2.28. The fourth-order valence-electron chi connectivity index (χ4n) is 2.54. The number of hydrogen-bond donors (Lipinski definition) is 1. The number of halogens is 1. The molecule has 0 spiro atoms. The van der Waals surface area contributed by atoms with E-state index in [-0.39, 0.29) is 0 Å². The first-order valence-corrected chi connectivity index (χ1v) is 7.20. The first-order chi connectivity index (χ1) is 9.06. The lowest BCUT2D eigenvalue weighted by Gasteiger charge is -2.09. The summed E-state index contributed by atoms with van der Waals surface area (Å²) >= 11 is 3.60. The van der Waals surface area contributed by atoms with E-state index in [0.717, 1.165) is 40.3 Å². The van der Waals surface area contributed by atoms with E-state index in [1.807, 2.05) is 0 Å². The van der Waals surface area contributed by atoms with Crippen molar-refractivity contribution < 1.29 is 0 Å². The Morgan fingerprint density at radius 2 is 1.74 bits per heavy atom. The molecule has 98 valence electrons. The monoisotopic (exact) mass is 317 g/mol. The van der Waals surface area contributed by atoms with Gasteiger partial charge in [0.05, 0.1) is 5.69 Å². The lowest BCUT2D eigenvalue weighted by atomic mass is 10.1. The molecule has 0 amide bonds. The van der Waals surface area contributed by atoms with Crippen LogP contribution in [0.4, 0.5) is 0 Å². The standard InChI is InChI=1S/C15H16BrN3/c1-8-4-11(5-9(2)14(8)16)15-18-10(3)12-6-17-7-13(12)19-15/h4-5,17H,6-7H2,1-3H3. The molecule has 1 N–H and O–H groups in total. The summed E-state index contributed by atoms with van der Waals surface area (Å²) in [6.07, 6.45) is 0. The summed E-state index contributed by atoms with van der Waals surface area (Å²) < 4.78 is 1.16. The molecule has 2 heterocycles. The quantitative estimate of drug-likeness (QED) is 0.875. The van der Waals surface area contributed by atoms with E-state index in [2.05, 4.69) is 59.1 Å². The maximum atomic E-state index is 4.71. The Morgan fingerprint density at radius 3 is 2.42 bits per heavy atom. The van der Waals surface area contributed by atoms with Crippen molar-refractivity contribution >= 4 is 15.9 Å². The molecule has 1 aliphatic rings. The predicted octanol–water partition coefficient (Wildman–Crippen LogP) is 3.43. The summed E-state index contributed by atoms with van der Waals surface area (Å²) in [6.45, 7) is 8.00. The zero-order valence-electron chi connectivity index (χ0n) is 11.3. The molecule has 1 aromatic heterocycles. The van der Waals surface area contributed by atoms with Gasteiger partial charge in [-0.3, -0.25) is 0 Å². The van der Waals surface area contributed by atoms with Crippen LogP contribution >= 0.6 is 15.9 Å². The lowest BCUT2D eigenvalue weighted by Crippen LogP contribution is -2.00. The molecule has 0 saturated heterocycles. The van der Waals surface area contributed by atoms with Gasteiger partial charge in [0.25, 0.3) is 0 Å². The average Bonchev–Trinajstić information content (AvgIpc) is 2.84. The third-order valence-corrected chi connectivity index (χ3v) is 4.84. The van der Waals surface area contributed by atoms with Crippen molar-refractivity contribution in [3.8, 4) is 11.4 Å². The fraction of sp³-hybridized carbons (Fsp3) is 0.333. The van der Waals surface area contributed by atoms with Crippen molar-refractivity contribution in [2.75, 3.05) is 0 Å². The molecule has 0 bridgehead atoms. The van der Waals surface area contributed by atoms with E-state index in [1.165, 1.54) is 16.7 Å². The molecule has 2 aromatic rings. The molecule has 1 aromatic carbocycles. The first kappa shape index (κ1) is 12.8. The van der Waals surface area contributed by atoms with Crippen LogP contribution in [0.1, 0.15) is 28.1 Å². The van der Waals surface area contributed by atoms with Gasteiger partial charge in [-0.1, -0.05) is 15.9 Å². The van der Waals surface area contributed by atoms with E-state index >= 15 is 0 Å². The van der Waals surface area contributed by atoms with Crippen molar-refractivity contribution in [3.63, 3.8) is 0 Å². The summed E-state index contributed by atoms with van der Waals surface area (Å²) in [5, 5.41) is 3.33. The van der Waals surface area contributed by atoms with Gasteiger partial charge in [-0.15, -0.1) is 0 Å². The highest BCUT2D eigenvalue weighted by Gasteiger charge is 2.17. The molecule has 0 saturated carbocycles. The Hall–Kier alpha value is -1.26. The van der Waals surface area contributed by atoms with Crippen molar-refractivity contribution in [1.29, 1.82) is 0 Å². The summed E-state index contributed by atoms with van der Waals surface area (Å²) in [5.74, 6) is 0.832. The van der Waals surface area contributed by atoms with Crippen LogP contribution in [0.25, 0.3) is 11.4 Å². The van der Waals surface area contributed by atoms with Gasteiger partial charge in [-0.05, 0) is 44.0 Å². The third-order valence-electron chi connectivity index (χ3n) is 3.59. The molecule has 1 aliphatic heterocycles. The summed E-state index contributed by atoms with van der Waals surface area (Å²) in [5.41, 5.74) is 7.01. The van der Waals surface area contributed by atoms with E-state index in [4.69, 9.17) is 4.98 Å². The largest absolute Gasteiger partial charge is 0.307 e. The molecule has 3 nitrogen and oxygen atoms in total. The summed E-state index contributed by atoms with van der Waals surface area (Å²) in [6, 6.07) is 4.28. The second-order valence-corrected chi connectivity index (χ2v) is 5.88. The smallest absolute Gasteiger partial charge is 0.159 e. The Morgan fingerprint density at radius 1 is 1.05 bits per heavy atom. The molecule has 0 atom stereocenters. The third kappa shape index (κ3) is 2.19. The molecule has 0 unspecified atom stereocenters. The second kappa shape index (κ2) is 4.69. The van der Waals surface area contributed by atoms with Crippen molar-refractivity contribution in [1.82, 2.24) is 15.3 Å². The van der Waals surface area contributed by atoms with Gasteiger partial charge in [0, 0.05) is 34.4 Å². The van der Waals surface area contributed by atoms with Crippen LogP contribution in [0.2, 0.25) is 0 Å². The number of fused-ring (bicyclic) bond motifs is 1. The van der Waals surface area contributed by atoms with Crippen LogP contribution in [-0.2, 0) is 13.1 Å². The Kier molecular flexibility index (Phi) is 3.15. The normalized spacial score (nSPS) is 13.7. The Labute approximate surface area is 121 Å². The van der Waals surface area contributed by atoms with Gasteiger partial charge in [-0.25, -0.2) is 9.97 Å². The number of rotatable bonds is 1. The zero-order valence-corrected chi connectivity index (χ0v) is 12.9. The van der Waals surface area contributed by atoms with E-state index in [0.29, 0.717) is 0 Å². The zero-order chi connectivity index (χ0) is 13.6. The van der Waals surface area contributed by atoms with Gasteiger partial charge in [0.15, 0.2) is 5.82 Å². The molecular formula is C15H16BrN3. The lowest BCUT2D eigenvalue weighted by molar-refractivity contribution is 0.757. The van der Waals surface area contributed by atoms with E-state index in [9.17, 15) is 0 Å². The van der Waals surface area contributed by atoms with Gasteiger partial charge in [-0.2, -0.15) is 0 Å². The highest BCUT2D eigenvalue weighted by atomic mass is 79.9. The molecule has 0 aliphatic carbocycles. The topological polar surface area (TPSA) is 37.8 Å². The number of aryl methyl sites for hydroxylation is 3. The van der Waals surface area contributed by atoms with Crippen LogP contribution in [0.3, 0.4) is 0 Å². The van der Waals surface area contributed by atoms with Gasteiger partial charge < -0.3 is 5.32 Å². The fourth-order valence-corrected chi connectivity index (χ4v) is 2.77. The number of hydrogen-bond acceptors (Lipinski definition) is 3. The van der Waals surface area contributed by atoms with Crippen molar-refractivity contribution in [3.05, 3.63) is 44.7 Å². The molecule has 0 radical (unpaired) electrons. The van der Waals surface area contributed by atoms with Crippen molar-refractivity contribution in [2.45, 2.75) is 33.9 Å². The van der Waals surface area contributed by atoms with Gasteiger partial charge >= 0.3 is 0 Å². The minimum atomic E-state index is 0.832. The van der Waals surface area contributed by atoms with Crippen molar-refractivity contribution in [2.24, 2.45) is 0 Å². The van der Waals surface area contributed by atoms with Gasteiger partial charge in [0.1, 0.15) is 0 Å². The van der Waals surface area contributed by atoms with Crippen LogP contribution in [-0.4, -0.2) is 9.97 Å². The first-order valence-electron chi connectivity index (χ1n) is 6.40. The molecule has 4 heteroatoms. The SMILES string of the molecule is Cc1cc(-c2nc(C)c3c(n2)CNC3)cc(C)c1Br. The number of benzene rings is 1. The van der Waals surface area contributed by atoms with Crippen LogP contribution < -0.4 is 5.32 Å². The van der Waals surface area contributed by atoms with Crippen LogP contribution in [0, 0.1) is 20.8 Å². The minimum absolute atomic E-state index is 0.832. The van der Waals surface area contributed by atoms with Gasteiger partial charge in [0.2, 0.25) is 0 Å². The maximum absolute atomic E-state index is 4.71. The Balaban J connectivity index is 2.15. The molecule has 3 rings (SSSR count). The number of nitrogens with zero attached hydrogens (tertiary/aromatic N) is 2. The maximum Gasteiger partial charge on any atom is 0.159 e. The molecule has 0 fully saturated rings. The van der Waals surface area contributed by atoms with E-state index < -0.39 is 0 Å². The van der Waals surface area contributed by atoms with E-state index in [1.54, 1.807) is 0 Å². The number of aromatic nitrogens is 2. The molecular weight excluding hydrogens is 302 g/mol.